The van der Waals surface area contributed by atoms with Gasteiger partial charge in [0.15, 0.2) is 0 Å². The summed E-state index contributed by atoms with van der Waals surface area (Å²) in [6, 6.07) is 2.39. The topological polar surface area (TPSA) is 38.2 Å². The van der Waals surface area contributed by atoms with Crippen LogP contribution in [0.3, 0.4) is 0 Å². The van der Waals surface area contributed by atoms with Crippen LogP contribution in [0, 0.1) is 0 Å². The zero-order valence-corrected chi connectivity index (χ0v) is 11.6. The van der Waals surface area contributed by atoms with Crippen molar-refractivity contribution < 1.29 is 4.74 Å². The van der Waals surface area contributed by atoms with Gasteiger partial charge in [-0.05, 0) is 32.1 Å². The summed E-state index contributed by atoms with van der Waals surface area (Å²) in [4.78, 5) is 11.5. The van der Waals surface area contributed by atoms with Crippen LogP contribution in [0.2, 0.25) is 5.15 Å². The van der Waals surface area contributed by atoms with Gasteiger partial charge in [0.05, 0.1) is 18.8 Å². The summed E-state index contributed by atoms with van der Waals surface area (Å²) in [7, 11) is 0. The molecule has 2 unspecified atom stereocenters. The van der Waals surface area contributed by atoms with Crippen LogP contribution in [0.1, 0.15) is 43.8 Å². The number of nitrogens with zero attached hydrogens (tertiary/aromatic N) is 3. The number of halogens is 1. The maximum atomic E-state index is 6.17. The smallest absolute Gasteiger partial charge is 0.135 e. The van der Waals surface area contributed by atoms with E-state index in [-0.39, 0.29) is 0 Å². The molecular formula is C14H18ClN3O. The number of fused-ring (bicyclic) bond motifs is 1. The lowest BCUT2D eigenvalue weighted by molar-refractivity contribution is 0.0253. The van der Waals surface area contributed by atoms with Crippen LogP contribution in [0.4, 0.5) is 5.82 Å². The summed E-state index contributed by atoms with van der Waals surface area (Å²) in [5, 5.41) is 0.577. The molecule has 1 aromatic rings. The fraction of sp³-hybridized carbons (Fsp3) is 0.714. The molecule has 3 fully saturated rings. The minimum absolute atomic E-state index is 0.381. The number of hydrogen-bond acceptors (Lipinski definition) is 4. The molecular weight excluding hydrogens is 262 g/mol. The maximum absolute atomic E-state index is 6.17. The second-order valence-electron chi connectivity index (χ2n) is 5.78. The molecule has 4 nitrogen and oxygen atoms in total. The average Bonchev–Trinajstić information content (AvgIpc) is 3.15. The Balaban J connectivity index is 1.66. The van der Waals surface area contributed by atoms with E-state index in [1.54, 1.807) is 0 Å². The molecule has 102 valence electrons. The zero-order valence-electron chi connectivity index (χ0n) is 10.9. The van der Waals surface area contributed by atoms with Gasteiger partial charge in [-0.15, -0.1) is 0 Å². The first-order valence-electron chi connectivity index (χ1n) is 7.24. The zero-order chi connectivity index (χ0) is 12.8. The molecule has 0 radical (unpaired) electrons. The second kappa shape index (κ2) is 4.60. The molecule has 0 bridgehead atoms. The quantitative estimate of drug-likeness (QED) is 0.780. The fourth-order valence-electron chi connectivity index (χ4n) is 3.30. The van der Waals surface area contributed by atoms with Gasteiger partial charge in [-0.3, -0.25) is 0 Å². The van der Waals surface area contributed by atoms with Crippen molar-refractivity contribution in [3.63, 3.8) is 0 Å². The Morgan fingerprint density at radius 3 is 2.95 bits per heavy atom. The van der Waals surface area contributed by atoms with Crippen LogP contribution < -0.4 is 4.90 Å². The minimum atomic E-state index is 0.381. The Morgan fingerprint density at radius 1 is 1.21 bits per heavy atom. The van der Waals surface area contributed by atoms with E-state index in [0.29, 0.717) is 23.2 Å². The van der Waals surface area contributed by atoms with Crippen LogP contribution in [0.15, 0.2) is 6.07 Å². The molecule has 2 heterocycles. The second-order valence-corrected chi connectivity index (χ2v) is 6.17. The molecule has 1 saturated heterocycles. The van der Waals surface area contributed by atoms with E-state index in [2.05, 4.69) is 9.88 Å². The molecule has 0 aromatic carbocycles. The number of rotatable bonds is 2. The highest BCUT2D eigenvalue weighted by atomic mass is 35.5. The van der Waals surface area contributed by atoms with Gasteiger partial charge in [0.2, 0.25) is 0 Å². The molecule has 4 rings (SSSR count). The summed E-state index contributed by atoms with van der Waals surface area (Å²) in [6.07, 6.45) is 6.41. The lowest BCUT2D eigenvalue weighted by Gasteiger charge is -2.38. The van der Waals surface area contributed by atoms with E-state index < -0.39 is 0 Å². The Morgan fingerprint density at radius 2 is 2.11 bits per heavy atom. The third-order valence-electron chi connectivity index (χ3n) is 4.42. The van der Waals surface area contributed by atoms with Gasteiger partial charge in [-0.1, -0.05) is 11.6 Å². The number of aromatic nitrogens is 2. The molecule has 0 N–H and O–H groups in total. The number of morpholine rings is 1. The average molecular weight is 280 g/mol. The van der Waals surface area contributed by atoms with Crippen molar-refractivity contribution in [1.82, 2.24) is 9.97 Å². The molecule has 19 heavy (non-hydrogen) atoms. The first-order chi connectivity index (χ1) is 9.31. The van der Waals surface area contributed by atoms with E-state index in [9.17, 15) is 0 Å². The van der Waals surface area contributed by atoms with Gasteiger partial charge in [-0.2, -0.15) is 0 Å². The molecule has 1 aromatic heterocycles. The molecule has 2 aliphatic carbocycles. The maximum Gasteiger partial charge on any atom is 0.135 e. The predicted octanol–water partition coefficient (Wildman–Crippen LogP) is 2.77. The van der Waals surface area contributed by atoms with Crippen molar-refractivity contribution in [3.05, 3.63) is 17.0 Å². The molecule has 2 saturated carbocycles. The fourth-order valence-corrected chi connectivity index (χ4v) is 3.49. The van der Waals surface area contributed by atoms with Crippen LogP contribution in [-0.4, -0.2) is 35.3 Å². The van der Waals surface area contributed by atoms with Crippen molar-refractivity contribution in [1.29, 1.82) is 0 Å². The van der Waals surface area contributed by atoms with Gasteiger partial charge in [-0.25, -0.2) is 9.97 Å². The summed E-state index contributed by atoms with van der Waals surface area (Å²) >= 11 is 6.17. The first kappa shape index (κ1) is 11.9. The van der Waals surface area contributed by atoms with E-state index in [1.165, 1.54) is 32.1 Å². The summed E-state index contributed by atoms with van der Waals surface area (Å²) < 4.78 is 5.86. The van der Waals surface area contributed by atoms with E-state index >= 15 is 0 Å². The van der Waals surface area contributed by atoms with Crippen LogP contribution >= 0.6 is 11.6 Å². The minimum Gasteiger partial charge on any atom is -0.374 e. The predicted molar refractivity (Wildman–Crippen MR) is 73.7 cm³/mol. The highest BCUT2D eigenvalue weighted by Crippen LogP contribution is 2.40. The van der Waals surface area contributed by atoms with Gasteiger partial charge < -0.3 is 9.64 Å². The van der Waals surface area contributed by atoms with Crippen LogP contribution in [0.25, 0.3) is 0 Å². The molecule has 2 atom stereocenters. The normalized spacial score (nSPS) is 30.5. The van der Waals surface area contributed by atoms with Gasteiger partial charge in [0.1, 0.15) is 16.8 Å². The number of ether oxygens (including phenoxy) is 1. The monoisotopic (exact) mass is 279 g/mol. The molecule has 3 aliphatic rings. The van der Waals surface area contributed by atoms with E-state index in [1.807, 2.05) is 6.07 Å². The van der Waals surface area contributed by atoms with Crippen molar-refractivity contribution in [2.75, 3.05) is 18.1 Å². The van der Waals surface area contributed by atoms with Crippen LogP contribution in [0.5, 0.6) is 0 Å². The largest absolute Gasteiger partial charge is 0.374 e. The Labute approximate surface area is 118 Å². The number of anilines is 1. The van der Waals surface area contributed by atoms with Crippen LogP contribution in [-0.2, 0) is 4.74 Å². The Bertz CT molecular complexity index is 492. The lowest BCUT2D eigenvalue weighted by Crippen LogP contribution is -2.49. The van der Waals surface area contributed by atoms with Crippen molar-refractivity contribution in [2.45, 2.75) is 50.2 Å². The summed E-state index contributed by atoms with van der Waals surface area (Å²) in [5.74, 6) is 2.48. The molecule has 0 amide bonds. The Hall–Kier alpha value is -0.870. The molecule has 0 spiro atoms. The van der Waals surface area contributed by atoms with Crippen molar-refractivity contribution >= 4 is 17.4 Å². The van der Waals surface area contributed by atoms with E-state index in [0.717, 1.165) is 24.8 Å². The highest BCUT2D eigenvalue weighted by Gasteiger charge is 2.37. The van der Waals surface area contributed by atoms with Gasteiger partial charge in [0, 0.05) is 18.5 Å². The molecule has 1 aliphatic heterocycles. The van der Waals surface area contributed by atoms with Crippen molar-refractivity contribution in [3.8, 4) is 0 Å². The third-order valence-corrected chi connectivity index (χ3v) is 4.61. The lowest BCUT2D eigenvalue weighted by atomic mass is 10.1. The van der Waals surface area contributed by atoms with E-state index in [4.69, 9.17) is 21.3 Å². The molecule has 5 heteroatoms. The Kier molecular flexibility index (Phi) is 2.88. The van der Waals surface area contributed by atoms with Crippen molar-refractivity contribution in [2.24, 2.45) is 0 Å². The number of hydrogen-bond donors (Lipinski definition) is 0. The summed E-state index contributed by atoms with van der Waals surface area (Å²) in [5.41, 5.74) is 0. The first-order valence-corrected chi connectivity index (χ1v) is 7.62. The van der Waals surface area contributed by atoms with Gasteiger partial charge in [0.25, 0.3) is 0 Å². The van der Waals surface area contributed by atoms with Gasteiger partial charge >= 0.3 is 0 Å². The standard InChI is InChI=1S/C14H18ClN3O/c15-12-8-13(17-14(16-12)9-4-5-9)18-6-7-19-11-3-1-2-10(11)18/h8-11H,1-7H2. The highest BCUT2D eigenvalue weighted by molar-refractivity contribution is 6.29. The SMILES string of the molecule is Clc1cc(N2CCOC3CCCC32)nc(C2CC2)n1. The summed E-state index contributed by atoms with van der Waals surface area (Å²) in [6.45, 7) is 1.71. The third kappa shape index (κ3) is 2.21.